The summed E-state index contributed by atoms with van der Waals surface area (Å²) < 4.78 is 38.0. The Hall–Kier alpha value is -1.39. The number of anilines is 2. The highest BCUT2D eigenvalue weighted by atomic mass is 19.4. The standard InChI is InChI=1S/C13H17F3N2/c1-3-18-9(2)6-7-17-11-8-10(13(14,15)16)4-5-12(11)18/h4-5,8-9,17H,3,6-7H2,1-2H3. The van der Waals surface area contributed by atoms with Crippen LogP contribution in [0.15, 0.2) is 18.2 Å². The van der Waals surface area contributed by atoms with Gasteiger partial charge in [-0.15, -0.1) is 0 Å². The zero-order valence-electron chi connectivity index (χ0n) is 10.5. The van der Waals surface area contributed by atoms with Crippen molar-refractivity contribution in [2.24, 2.45) is 0 Å². The Balaban J connectivity index is 2.44. The van der Waals surface area contributed by atoms with Crippen LogP contribution in [0.5, 0.6) is 0 Å². The van der Waals surface area contributed by atoms with Crippen LogP contribution in [0.1, 0.15) is 25.8 Å². The smallest absolute Gasteiger partial charge is 0.383 e. The third-order valence-corrected chi connectivity index (χ3v) is 3.38. The van der Waals surface area contributed by atoms with Gasteiger partial charge < -0.3 is 10.2 Å². The lowest BCUT2D eigenvalue weighted by Crippen LogP contribution is -2.32. The summed E-state index contributed by atoms with van der Waals surface area (Å²) >= 11 is 0. The molecule has 0 aromatic heterocycles. The van der Waals surface area contributed by atoms with Crippen molar-refractivity contribution in [2.75, 3.05) is 23.3 Å². The van der Waals surface area contributed by atoms with Crippen molar-refractivity contribution in [3.63, 3.8) is 0 Å². The van der Waals surface area contributed by atoms with E-state index in [1.807, 2.05) is 6.92 Å². The first-order chi connectivity index (χ1) is 8.43. The van der Waals surface area contributed by atoms with E-state index in [2.05, 4.69) is 17.1 Å². The van der Waals surface area contributed by atoms with E-state index in [1.54, 1.807) is 6.07 Å². The summed E-state index contributed by atoms with van der Waals surface area (Å²) in [4.78, 5) is 2.13. The van der Waals surface area contributed by atoms with E-state index in [1.165, 1.54) is 6.07 Å². The average Bonchev–Trinajstić information content (AvgIpc) is 2.45. The number of hydrogen-bond acceptors (Lipinski definition) is 2. The molecule has 1 aliphatic rings. The van der Waals surface area contributed by atoms with Gasteiger partial charge in [0.05, 0.1) is 16.9 Å². The summed E-state index contributed by atoms with van der Waals surface area (Å²) in [6, 6.07) is 4.26. The fraction of sp³-hybridized carbons (Fsp3) is 0.538. The van der Waals surface area contributed by atoms with Crippen LogP contribution in [-0.4, -0.2) is 19.1 Å². The first-order valence-electron chi connectivity index (χ1n) is 6.15. The molecule has 0 aliphatic carbocycles. The van der Waals surface area contributed by atoms with Crippen molar-refractivity contribution in [3.05, 3.63) is 23.8 Å². The first kappa shape index (κ1) is 13.1. The van der Waals surface area contributed by atoms with Gasteiger partial charge in [-0.05, 0) is 38.5 Å². The van der Waals surface area contributed by atoms with Crippen molar-refractivity contribution in [1.29, 1.82) is 0 Å². The normalized spacial score (nSPS) is 20.1. The summed E-state index contributed by atoms with van der Waals surface area (Å²) in [6.07, 6.45) is -3.37. The summed E-state index contributed by atoms with van der Waals surface area (Å²) in [5.74, 6) is 0. The molecule has 0 amide bonds. The third-order valence-electron chi connectivity index (χ3n) is 3.38. The van der Waals surface area contributed by atoms with E-state index in [0.29, 0.717) is 18.3 Å². The molecule has 1 N–H and O–H groups in total. The summed E-state index contributed by atoms with van der Waals surface area (Å²) in [5.41, 5.74) is 0.839. The Morgan fingerprint density at radius 2 is 2.11 bits per heavy atom. The Morgan fingerprint density at radius 1 is 1.39 bits per heavy atom. The van der Waals surface area contributed by atoms with Crippen LogP contribution in [0.3, 0.4) is 0 Å². The lowest BCUT2D eigenvalue weighted by Gasteiger charge is -2.29. The largest absolute Gasteiger partial charge is 0.416 e. The van der Waals surface area contributed by atoms with Gasteiger partial charge in [-0.3, -0.25) is 0 Å². The van der Waals surface area contributed by atoms with E-state index in [9.17, 15) is 13.2 Å². The molecule has 2 rings (SSSR count). The van der Waals surface area contributed by atoms with Crippen LogP contribution < -0.4 is 10.2 Å². The molecule has 0 spiro atoms. The maximum Gasteiger partial charge on any atom is 0.416 e. The molecule has 1 aromatic carbocycles. The molecule has 2 nitrogen and oxygen atoms in total. The van der Waals surface area contributed by atoms with Gasteiger partial charge in [-0.25, -0.2) is 0 Å². The number of alkyl halides is 3. The number of benzene rings is 1. The van der Waals surface area contributed by atoms with E-state index in [0.717, 1.165) is 24.7 Å². The molecule has 0 saturated heterocycles. The lowest BCUT2D eigenvalue weighted by atomic mass is 10.1. The van der Waals surface area contributed by atoms with Crippen molar-refractivity contribution >= 4 is 11.4 Å². The molecule has 0 saturated carbocycles. The fourth-order valence-corrected chi connectivity index (χ4v) is 2.40. The number of nitrogens with zero attached hydrogens (tertiary/aromatic N) is 1. The van der Waals surface area contributed by atoms with E-state index in [-0.39, 0.29) is 0 Å². The lowest BCUT2D eigenvalue weighted by molar-refractivity contribution is -0.137. The zero-order chi connectivity index (χ0) is 13.3. The molecule has 0 bridgehead atoms. The third kappa shape index (κ3) is 2.40. The maximum absolute atomic E-state index is 12.7. The van der Waals surface area contributed by atoms with E-state index < -0.39 is 11.7 Å². The SMILES string of the molecule is CCN1c2ccc(C(F)(F)F)cc2NCCC1C. The van der Waals surface area contributed by atoms with Gasteiger partial charge >= 0.3 is 6.18 Å². The van der Waals surface area contributed by atoms with Crippen LogP contribution in [0.4, 0.5) is 24.5 Å². The second kappa shape index (κ2) is 4.71. The minimum absolute atomic E-state index is 0.334. The van der Waals surface area contributed by atoms with Gasteiger partial charge in [-0.2, -0.15) is 13.2 Å². The molecule has 1 aliphatic heterocycles. The summed E-state index contributed by atoms with van der Waals surface area (Å²) in [6.45, 7) is 5.61. The molecular formula is C13H17F3N2. The zero-order valence-corrected chi connectivity index (χ0v) is 10.5. The van der Waals surface area contributed by atoms with Gasteiger partial charge in [0, 0.05) is 19.1 Å². The Bertz CT molecular complexity index is 429. The molecule has 0 fully saturated rings. The number of fused-ring (bicyclic) bond motifs is 1. The first-order valence-corrected chi connectivity index (χ1v) is 6.15. The van der Waals surface area contributed by atoms with Gasteiger partial charge in [0.2, 0.25) is 0 Å². The van der Waals surface area contributed by atoms with Crippen LogP contribution in [0.25, 0.3) is 0 Å². The summed E-state index contributed by atoms with van der Waals surface area (Å²) in [7, 11) is 0. The second-order valence-electron chi connectivity index (χ2n) is 4.58. The van der Waals surface area contributed by atoms with Crippen molar-refractivity contribution in [1.82, 2.24) is 0 Å². The molecule has 0 radical (unpaired) electrons. The predicted molar refractivity (Wildman–Crippen MR) is 67.0 cm³/mol. The molecule has 5 heteroatoms. The van der Waals surface area contributed by atoms with Crippen LogP contribution in [-0.2, 0) is 6.18 Å². The monoisotopic (exact) mass is 258 g/mol. The maximum atomic E-state index is 12.7. The van der Waals surface area contributed by atoms with Gasteiger partial charge in [0.15, 0.2) is 0 Å². The summed E-state index contributed by atoms with van der Waals surface area (Å²) in [5, 5.41) is 3.09. The molecule has 100 valence electrons. The highest BCUT2D eigenvalue weighted by Gasteiger charge is 2.32. The predicted octanol–water partition coefficient (Wildman–Crippen LogP) is 3.74. The van der Waals surface area contributed by atoms with Gasteiger partial charge in [0.1, 0.15) is 0 Å². The Kier molecular flexibility index (Phi) is 3.41. The molecule has 1 aromatic rings. The Morgan fingerprint density at radius 3 is 2.72 bits per heavy atom. The number of nitrogens with one attached hydrogen (secondary N) is 1. The average molecular weight is 258 g/mol. The fourth-order valence-electron chi connectivity index (χ4n) is 2.40. The van der Waals surface area contributed by atoms with Crippen molar-refractivity contribution < 1.29 is 13.2 Å². The van der Waals surface area contributed by atoms with Gasteiger partial charge in [0.25, 0.3) is 0 Å². The molecule has 1 heterocycles. The highest BCUT2D eigenvalue weighted by Crippen LogP contribution is 2.37. The minimum Gasteiger partial charge on any atom is -0.383 e. The molecule has 1 unspecified atom stereocenters. The van der Waals surface area contributed by atoms with Crippen molar-refractivity contribution in [3.8, 4) is 0 Å². The number of halogens is 3. The van der Waals surface area contributed by atoms with Gasteiger partial charge in [-0.1, -0.05) is 0 Å². The topological polar surface area (TPSA) is 15.3 Å². The quantitative estimate of drug-likeness (QED) is 0.825. The van der Waals surface area contributed by atoms with E-state index in [4.69, 9.17) is 0 Å². The number of rotatable bonds is 1. The van der Waals surface area contributed by atoms with Crippen molar-refractivity contribution in [2.45, 2.75) is 32.5 Å². The molecular weight excluding hydrogens is 241 g/mol. The Labute approximate surface area is 105 Å². The second-order valence-corrected chi connectivity index (χ2v) is 4.58. The number of hydrogen-bond donors (Lipinski definition) is 1. The molecule has 18 heavy (non-hydrogen) atoms. The van der Waals surface area contributed by atoms with Crippen LogP contribution >= 0.6 is 0 Å². The molecule has 1 atom stereocenters. The van der Waals surface area contributed by atoms with Crippen LogP contribution in [0, 0.1) is 0 Å². The van der Waals surface area contributed by atoms with Crippen LogP contribution in [0.2, 0.25) is 0 Å². The highest BCUT2D eigenvalue weighted by molar-refractivity contribution is 5.72. The minimum atomic E-state index is -4.29. The van der Waals surface area contributed by atoms with E-state index >= 15 is 0 Å².